The minimum Gasteiger partial charge on any atom is -0.413 e. The van der Waals surface area contributed by atoms with Gasteiger partial charge in [0.15, 0.2) is 14.1 Å². The van der Waals surface area contributed by atoms with Crippen LogP contribution in [0.25, 0.3) is 28.1 Å². The van der Waals surface area contributed by atoms with Crippen LogP contribution in [-0.4, -0.2) is 44.3 Å². The molecule has 0 aliphatic heterocycles. The molecule has 0 bridgehead atoms. The van der Waals surface area contributed by atoms with Gasteiger partial charge in [0.1, 0.15) is 5.82 Å². The fourth-order valence-electron chi connectivity index (χ4n) is 4.61. The second-order valence-electron chi connectivity index (χ2n) is 12.5. The average molecular weight is 556 g/mol. The van der Waals surface area contributed by atoms with E-state index in [9.17, 15) is 13.8 Å². The van der Waals surface area contributed by atoms with Crippen LogP contribution in [0.1, 0.15) is 52.8 Å². The Bertz CT molecular complexity index is 1360. The molecule has 7 heteroatoms. The fourth-order valence-corrected chi connectivity index (χ4v) is 7.29. The highest BCUT2D eigenvalue weighted by Gasteiger charge is 2.40. The summed E-state index contributed by atoms with van der Waals surface area (Å²) in [6.45, 7) is 18.5. The van der Waals surface area contributed by atoms with Crippen LogP contribution >= 0.6 is 7.14 Å². The Hall–Kier alpha value is -2.27. The van der Waals surface area contributed by atoms with Gasteiger partial charge in [-0.3, -0.25) is 4.79 Å². The minimum atomic E-state index is -2.40. The number of hydrogen-bond acceptors (Lipinski definition) is 3. The van der Waals surface area contributed by atoms with Crippen molar-refractivity contribution in [3.05, 3.63) is 66.1 Å². The molecular weight excluding hydrogens is 512 g/mol. The summed E-state index contributed by atoms with van der Waals surface area (Å²) in [4.78, 5) is 13.3. The molecule has 206 valence electrons. The lowest BCUT2D eigenvalue weighted by Crippen LogP contribution is -2.45. The van der Waals surface area contributed by atoms with Gasteiger partial charge in [-0.15, -0.1) is 0 Å². The lowest BCUT2D eigenvalue weighted by Gasteiger charge is -2.39. The number of fused-ring (bicyclic) bond motifs is 1. The van der Waals surface area contributed by atoms with Crippen molar-refractivity contribution in [1.82, 2.24) is 4.57 Å². The highest BCUT2D eigenvalue weighted by Crippen LogP contribution is 2.42. The second-order valence-corrected chi connectivity index (χ2v) is 20.8. The van der Waals surface area contributed by atoms with E-state index in [0.717, 1.165) is 27.7 Å². The number of ketones is 1. The maximum absolute atomic E-state index is 13.7. The largest absolute Gasteiger partial charge is 0.413 e. The van der Waals surface area contributed by atoms with E-state index in [1.807, 2.05) is 18.2 Å². The van der Waals surface area contributed by atoms with E-state index in [-0.39, 0.29) is 35.2 Å². The van der Waals surface area contributed by atoms with Gasteiger partial charge in [-0.25, -0.2) is 4.39 Å². The number of hydrogen-bond donors (Lipinski definition) is 0. The molecule has 4 nitrogen and oxygen atoms in total. The molecule has 0 saturated heterocycles. The van der Waals surface area contributed by atoms with Crippen molar-refractivity contribution in [2.45, 2.75) is 71.3 Å². The molecule has 3 rings (SSSR count). The van der Waals surface area contributed by atoms with E-state index >= 15 is 0 Å². The van der Waals surface area contributed by atoms with Crippen molar-refractivity contribution >= 4 is 38.2 Å². The lowest BCUT2D eigenvalue weighted by molar-refractivity contribution is -0.115. The SMILES string of the molecule is CC(C)n1c(/C=C/C(=O)C[C@H](CP(C)(C)=O)O[Si](C)(C)C(C)(C)C)c(-c2ccc(F)cc2)c2ccccc21. The monoisotopic (exact) mass is 555 g/mol. The number of benzene rings is 2. The third-order valence-corrected chi connectivity index (χ3v) is 13.2. The summed E-state index contributed by atoms with van der Waals surface area (Å²) in [5.74, 6) is -0.349. The highest BCUT2D eigenvalue weighted by molar-refractivity contribution is 7.62. The number of halogens is 1. The van der Waals surface area contributed by atoms with Crippen LogP contribution in [0.3, 0.4) is 0 Å². The van der Waals surface area contributed by atoms with Crippen LogP contribution in [0, 0.1) is 5.82 Å². The zero-order chi connectivity index (χ0) is 28.5. The number of carbonyl (C=O) groups excluding carboxylic acids is 1. The lowest BCUT2D eigenvalue weighted by atomic mass is 10.0. The van der Waals surface area contributed by atoms with Gasteiger partial charge in [-0.2, -0.15) is 0 Å². The Morgan fingerprint density at radius 3 is 2.24 bits per heavy atom. The van der Waals surface area contributed by atoms with Gasteiger partial charge in [0.25, 0.3) is 0 Å². The molecular formula is C31H43FNO3PSi. The fraction of sp³-hybridized carbons (Fsp3) is 0.452. The van der Waals surface area contributed by atoms with Gasteiger partial charge in [-0.1, -0.05) is 51.1 Å². The zero-order valence-electron chi connectivity index (χ0n) is 24.3. The maximum atomic E-state index is 13.7. The van der Waals surface area contributed by atoms with Gasteiger partial charge in [0, 0.05) is 35.1 Å². The molecule has 0 spiro atoms. The smallest absolute Gasteiger partial charge is 0.192 e. The molecule has 0 unspecified atom stereocenters. The topological polar surface area (TPSA) is 48.3 Å². The number of para-hydroxylation sites is 1. The second kappa shape index (κ2) is 11.5. The van der Waals surface area contributed by atoms with Crippen molar-refractivity contribution in [2.75, 3.05) is 19.5 Å². The van der Waals surface area contributed by atoms with Crippen LogP contribution < -0.4 is 0 Å². The van der Waals surface area contributed by atoms with Crippen LogP contribution in [0.5, 0.6) is 0 Å². The molecule has 38 heavy (non-hydrogen) atoms. The summed E-state index contributed by atoms with van der Waals surface area (Å²) in [5, 5.41) is 1.04. The predicted molar refractivity (Wildman–Crippen MR) is 163 cm³/mol. The van der Waals surface area contributed by atoms with Crippen molar-refractivity contribution in [2.24, 2.45) is 0 Å². The normalized spacial score (nSPS) is 14.1. The Morgan fingerprint density at radius 2 is 1.68 bits per heavy atom. The highest BCUT2D eigenvalue weighted by atomic mass is 31.2. The third kappa shape index (κ3) is 7.22. The summed E-state index contributed by atoms with van der Waals surface area (Å²) in [7, 11) is -4.56. The summed E-state index contributed by atoms with van der Waals surface area (Å²) in [5.41, 5.74) is 3.83. The molecule has 3 aromatic rings. The first kappa shape index (κ1) is 30.3. The van der Waals surface area contributed by atoms with Gasteiger partial charge < -0.3 is 13.6 Å². The summed E-state index contributed by atoms with van der Waals surface area (Å²) in [6.07, 6.45) is 3.68. The van der Waals surface area contributed by atoms with Gasteiger partial charge in [0.2, 0.25) is 0 Å². The number of allylic oxidation sites excluding steroid dienone is 1. The van der Waals surface area contributed by atoms with E-state index < -0.39 is 15.5 Å². The van der Waals surface area contributed by atoms with Crippen LogP contribution in [0.2, 0.25) is 18.1 Å². The van der Waals surface area contributed by atoms with E-state index in [2.05, 4.69) is 64.4 Å². The first-order chi connectivity index (χ1) is 17.5. The third-order valence-electron chi connectivity index (χ3n) is 7.36. The maximum Gasteiger partial charge on any atom is 0.192 e. The summed E-state index contributed by atoms with van der Waals surface area (Å²) in [6, 6.07) is 14.8. The first-order valence-electron chi connectivity index (χ1n) is 13.3. The molecule has 0 radical (unpaired) electrons. The minimum absolute atomic E-state index is 0.0160. The average Bonchev–Trinajstić information content (AvgIpc) is 3.10. The predicted octanol–water partition coefficient (Wildman–Crippen LogP) is 9.01. The van der Waals surface area contributed by atoms with Crippen LogP contribution in [0.4, 0.5) is 4.39 Å². The molecule has 0 aliphatic carbocycles. The summed E-state index contributed by atoms with van der Waals surface area (Å²) >= 11 is 0. The zero-order valence-corrected chi connectivity index (χ0v) is 26.2. The number of nitrogens with zero attached hydrogens (tertiary/aromatic N) is 1. The molecule has 0 N–H and O–H groups in total. The number of carbonyl (C=O) groups is 1. The number of aromatic nitrogens is 1. The van der Waals surface area contributed by atoms with E-state index in [0.29, 0.717) is 6.16 Å². The molecule has 2 aromatic carbocycles. The first-order valence-corrected chi connectivity index (χ1v) is 19.0. The Balaban J connectivity index is 2.02. The number of rotatable bonds is 10. The van der Waals surface area contributed by atoms with E-state index in [1.165, 1.54) is 12.1 Å². The van der Waals surface area contributed by atoms with Crippen LogP contribution in [0.15, 0.2) is 54.6 Å². The van der Waals surface area contributed by atoms with Gasteiger partial charge in [-0.05, 0) is 81.2 Å². The van der Waals surface area contributed by atoms with Crippen molar-refractivity contribution in [3.8, 4) is 11.1 Å². The van der Waals surface area contributed by atoms with Crippen molar-refractivity contribution in [1.29, 1.82) is 0 Å². The molecule has 1 aromatic heterocycles. The van der Waals surface area contributed by atoms with Gasteiger partial charge >= 0.3 is 0 Å². The molecule has 0 amide bonds. The van der Waals surface area contributed by atoms with Crippen molar-refractivity contribution in [3.63, 3.8) is 0 Å². The molecule has 0 fully saturated rings. The van der Waals surface area contributed by atoms with E-state index in [1.54, 1.807) is 31.5 Å². The quantitative estimate of drug-likeness (QED) is 0.142. The molecule has 0 saturated carbocycles. The summed E-state index contributed by atoms with van der Waals surface area (Å²) < 4.78 is 35.3. The molecule has 1 atom stereocenters. The molecule has 0 aliphatic rings. The molecule has 1 heterocycles. The van der Waals surface area contributed by atoms with Crippen molar-refractivity contribution < 1.29 is 18.2 Å². The standard InChI is InChI=1S/C31H43FNO3PSi/c1-22(2)33-28-13-11-10-12-27(28)30(23-14-16-24(32)17-15-23)29(33)19-18-25(34)20-26(21-37(6,7)35)36-38(8,9)31(3,4)5/h10-19,22,26H,20-21H2,1-9H3/b19-18+/t26-/m1/s1. The van der Waals surface area contributed by atoms with E-state index in [4.69, 9.17) is 4.43 Å². The Morgan fingerprint density at radius 1 is 1.08 bits per heavy atom. The van der Waals surface area contributed by atoms with Crippen LogP contribution in [-0.2, 0) is 13.8 Å². The van der Waals surface area contributed by atoms with Gasteiger partial charge in [0.05, 0.1) is 18.9 Å². The Labute approximate surface area is 228 Å². The Kier molecular flexibility index (Phi) is 9.12.